The molecule has 0 radical (unpaired) electrons. The SMILES string of the molecule is CC(C)NCC(=O)c1cscc1Br. The van der Waals surface area contributed by atoms with E-state index in [1.54, 1.807) is 0 Å². The Bertz CT molecular complexity index is 296. The maximum atomic E-state index is 11.5. The first kappa shape index (κ1) is 10.9. The van der Waals surface area contributed by atoms with Gasteiger partial charge in [-0.2, -0.15) is 11.3 Å². The monoisotopic (exact) mass is 261 g/mol. The fourth-order valence-corrected chi connectivity index (χ4v) is 2.39. The molecule has 2 nitrogen and oxygen atoms in total. The molecule has 0 saturated carbocycles. The van der Waals surface area contributed by atoms with E-state index in [0.29, 0.717) is 12.6 Å². The molecule has 0 aliphatic heterocycles. The predicted molar refractivity (Wildman–Crippen MR) is 59.5 cm³/mol. The lowest BCUT2D eigenvalue weighted by molar-refractivity contribution is 0.0988. The van der Waals surface area contributed by atoms with Crippen LogP contribution in [0.15, 0.2) is 15.2 Å². The summed E-state index contributed by atoms with van der Waals surface area (Å²) >= 11 is 4.87. The summed E-state index contributed by atoms with van der Waals surface area (Å²) in [6.45, 7) is 4.46. The molecule has 1 aromatic rings. The lowest BCUT2D eigenvalue weighted by atomic mass is 10.2. The van der Waals surface area contributed by atoms with Crippen LogP contribution < -0.4 is 5.32 Å². The number of hydrogen-bond donors (Lipinski definition) is 1. The zero-order valence-electron chi connectivity index (χ0n) is 7.63. The normalized spacial score (nSPS) is 10.8. The van der Waals surface area contributed by atoms with Gasteiger partial charge in [-0.1, -0.05) is 13.8 Å². The summed E-state index contributed by atoms with van der Waals surface area (Å²) in [6.07, 6.45) is 0. The Morgan fingerprint density at radius 2 is 2.31 bits per heavy atom. The fourth-order valence-electron chi connectivity index (χ4n) is 0.873. The zero-order chi connectivity index (χ0) is 9.84. The van der Waals surface area contributed by atoms with Gasteiger partial charge in [0.1, 0.15) is 0 Å². The minimum atomic E-state index is 0.141. The Morgan fingerprint density at radius 1 is 1.62 bits per heavy atom. The van der Waals surface area contributed by atoms with Gasteiger partial charge in [0.15, 0.2) is 5.78 Å². The highest BCUT2D eigenvalue weighted by atomic mass is 79.9. The lowest BCUT2D eigenvalue weighted by Crippen LogP contribution is -2.29. The van der Waals surface area contributed by atoms with Crippen LogP contribution in [0.25, 0.3) is 0 Å². The van der Waals surface area contributed by atoms with Crippen LogP contribution in [0.3, 0.4) is 0 Å². The van der Waals surface area contributed by atoms with E-state index in [9.17, 15) is 4.79 Å². The van der Waals surface area contributed by atoms with Gasteiger partial charge in [-0.05, 0) is 15.9 Å². The Kier molecular flexibility index (Phi) is 4.09. The maximum Gasteiger partial charge on any atom is 0.178 e. The average Bonchev–Trinajstić information content (AvgIpc) is 2.47. The van der Waals surface area contributed by atoms with Crippen LogP contribution in [0, 0.1) is 0 Å². The minimum absolute atomic E-state index is 0.141. The van der Waals surface area contributed by atoms with E-state index in [4.69, 9.17) is 0 Å². The van der Waals surface area contributed by atoms with Crippen molar-refractivity contribution in [3.05, 3.63) is 20.8 Å². The van der Waals surface area contributed by atoms with Crippen LogP contribution in [0.1, 0.15) is 24.2 Å². The molecule has 0 aliphatic rings. The molecular weight excluding hydrogens is 250 g/mol. The van der Waals surface area contributed by atoms with Gasteiger partial charge in [0.2, 0.25) is 0 Å². The number of Topliss-reactive ketones (excluding diaryl/α,β-unsaturated/α-hetero) is 1. The van der Waals surface area contributed by atoms with Gasteiger partial charge in [-0.15, -0.1) is 0 Å². The summed E-state index contributed by atoms with van der Waals surface area (Å²) in [5.41, 5.74) is 0.776. The largest absolute Gasteiger partial charge is 0.307 e. The molecule has 0 saturated heterocycles. The smallest absolute Gasteiger partial charge is 0.178 e. The highest BCUT2D eigenvalue weighted by molar-refractivity contribution is 9.10. The molecule has 72 valence electrons. The van der Waals surface area contributed by atoms with Crippen molar-refractivity contribution in [1.82, 2.24) is 5.32 Å². The molecule has 0 aromatic carbocycles. The van der Waals surface area contributed by atoms with Crippen LogP contribution in [-0.4, -0.2) is 18.4 Å². The third kappa shape index (κ3) is 3.21. The van der Waals surface area contributed by atoms with Crippen molar-refractivity contribution in [2.45, 2.75) is 19.9 Å². The van der Waals surface area contributed by atoms with Crippen molar-refractivity contribution >= 4 is 33.0 Å². The standard InChI is InChI=1S/C9H12BrNOS/c1-6(2)11-3-9(12)7-4-13-5-8(7)10/h4-6,11H,3H2,1-2H3. The number of thiophene rings is 1. The van der Waals surface area contributed by atoms with Crippen LogP contribution >= 0.6 is 27.3 Å². The van der Waals surface area contributed by atoms with Gasteiger partial charge in [-0.3, -0.25) is 4.79 Å². The third-order valence-electron chi connectivity index (χ3n) is 1.59. The minimum Gasteiger partial charge on any atom is -0.307 e. The van der Waals surface area contributed by atoms with Crippen LogP contribution in [0.2, 0.25) is 0 Å². The number of halogens is 1. The Labute approximate surface area is 90.5 Å². The van der Waals surface area contributed by atoms with Gasteiger partial charge in [0.05, 0.1) is 6.54 Å². The van der Waals surface area contributed by atoms with E-state index in [-0.39, 0.29) is 5.78 Å². The second-order valence-electron chi connectivity index (χ2n) is 3.09. The molecule has 0 amide bonds. The Hall–Kier alpha value is -0.190. The topological polar surface area (TPSA) is 29.1 Å². The molecule has 0 fully saturated rings. The van der Waals surface area contributed by atoms with E-state index in [1.165, 1.54) is 11.3 Å². The molecule has 1 aromatic heterocycles. The molecule has 0 bridgehead atoms. The summed E-state index contributed by atoms with van der Waals surface area (Å²) in [6, 6.07) is 0.348. The van der Waals surface area contributed by atoms with Crippen LogP contribution in [0.5, 0.6) is 0 Å². The van der Waals surface area contributed by atoms with Gasteiger partial charge in [0.25, 0.3) is 0 Å². The first-order valence-corrected chi connectivity index (χ1v) is 5.83. The molecule has 13 heavy (non-hydrogen) atoms. The molecule has 0 atom stereocenters. The number of nitrogens with one attached hydrogen (secondary N) is 1. The molecule has 1 rings (SSSR count). The fraction of sp³-hybridized carbons (Fsp3) is 0.444. The van der Waals surface area contributed by atoms with E-state index in [0.717, 1.165) is 10.0 Å². The number of carbonyl (C=O) groups is 1. The van der Waals surface area contributed by atoms with E-state index in [2.05, 4.69) is 21.2 Å². The van der Waals surface area contributed by atoms with Crippen LogP contribution in [0.4, 0.5) is 0 Å². The maximum absolute atomic E-state index is 11.5. The number of rotatable bonds is 4. The zero-order valence-corrected chi connectivity index (χ0v) is 10.0. The predicted octanol–water partition coefficient (Wildman–Crippen LogP) is 2.69. The summed E-state index contributed by atoms with van der Waals surface area (Å²) in [7, 11) is 0. The quantitative estimate of drug-likeness (QED) is 0.845. The highest BCUT2D eigenvalue weighted by Gasteiger charge is 2.10. The van der Waals surface area contributed by atoms with Gasteiger partial charge >= 0.3 is 0 Å². The summed E-state index contributed by atoms with van der Waals surface area (Å²) in [5.74, 6) is 0.141. The summed E-state index contributed by atoms with van der Waals surface area (Å²) in [5, 5.41) is 6.88. The molecule has 4 heteroatoms. The summed E-state index contributed by atoms with van der Waals surface area (Å²) < 4.78 is 0.896. The molecular formula is C9H12BrNOS. The van der Waals surface area contributed by atoms with Crippen molar-refractivity contribution in [3.63, 3.8) is 0 Å². The van der Waals surface area contributed by atoms with Crippen molar-refractivity contribution in [3.8, 4) is 0 Å². The van der Waals surface area contributed by atoms with Crippen molar-refractivity contribution in [2.24, 2.45) is 0 Å². The Balaban J connectivity index is 2.54. The number of hydrogen-bond acceptors (Lipinski definition) is 3. The van der Waals surface area contributed by atoms with Crippen molar-refractivity contribution < 1.29 is 4.79 Å². The second kappa shape index (κ2) is 4.88. The molecule has 1 heterocycles. The first-order valence-electron chi connectivity index (χ1n) is 4.09. The van der Waals surface area contributed by atoms with Crippen LogP contribution in [-0.2, 0) is 0 Å². The first-order chi connectivity index (χ1) is 6.11. The molecule has 0 spiro atoms. The number of carbonyl (C=O) groups excluding carboxylic acids is 1. The van der Waals surface area contributed by atoms with E-state index in [1.807, 2.05) is 24.6 Å². The summed E-state index contributed by atoms with van der Waals surface area (Å²) in [4.78, 5) is 11.5. The second-order valence-corrected chi connectivity index (χ2v) is 4.69. The number of ketones is 1. The van der Waals surface area contributed by atoms with Gasteiger partial charge in [-0.25, -0.2) is 0 Å². The molecule has 1 N–H and O–H groups in total. The Morgan fingerprint density at radius 3 is 2.77 bits per heavy atom. The van der Waals surface area contributed by atoms with Gasteiger partial charge in [0, 0.05) is 26.8 Å². The van der Waals surface area contributed by atoms with Crippen molar-refractivity contribution in [2.75, 3.05) is 6.54 Å². The molecule has 0 unspecified atom stereocenters. The van der Waals surface area contributed by atoms with E-state index >= 15 is 0 Å². The molecule has 0 aliphatic carbocycles. The van der Waals surface area contributed by atoms with E-state index < -0.39 is 0 Å². The third-order valence-corrected chi connectivity index (χ3v) is 3.29. The average molecular weight is 262 g/mol. The highest BCUT2D eigenvalue weighted by Crippen LogP contribution is 2.21. The lowest BCUT2D eigenvalue weighted by Gasteiger charge is -2.05. The van der Waals surface area contributed by atoms with Crippen molar-refractivity contribution in [1.29, 1.82) is 0 Å². The van der Waals surface area contributed by atoms with Gasteiger partial charge < -0.3 is 5.32 Å².